The molecule has 0 amide bonds. The van der Waals surface area contributed by atoms with E-state index in [-0.39, 0.29) is 50.6 Å². The van der Waals surface area contributed by atoms with Crippen LogP contribution >= 0.6 is 0 Å². The SMILES string of the molecule is [C-]#[N+]C(C)(C)C.[C-]#[N+]C(C)(C)C.[C-]#[N+]C(C)(C)C.[C-]#[N+]C(C)(C)C.[C-]#[N+]C(C)(C)C.[C-]#[N+]C(C)(C)C.[Cr]. The second kappa shape index (κ2) is 22.7. The van der Waals surface area contributed by atoms with Crippen LogP contribution in [-0.2, 0) is 17.4 Å². The summed E-state index contributed by atoms with van der Waals surface area (Å²) in [4.78, 5) is 19.6. The van der Waals surface area contributed by atoms with E-state index in [4.69, 9.17) is 39.4 Å². The Morgan fingerprint density at radius 3 is 0.270 bits per heavy atom. The van der Waals surface area contributed by atoms with Gasteiger partial charge in [-0.15, -0.1) is 0 Å². The summed E-state index contributed by atoms with van der Waals surface area (Å²) in [6, 6.07) is 0. The molecular formula is C30H54CrN6. The van der Waals surface area contributed by atoms with Gasteiger partial charge in [0.25, 0.3) is 0 Å². The van der Waals surface area contributed by atoms with Crippen LogP contribution in [0.15, 0.2) is 0 Å². The molecule has 0 unspecified atom stereocenters. The molecule has 0 fully saturated rings. The van der Waals surface area contributed by atoms with Crippen molar-refractivity contribution < 1.29 is 17.4 Å². The molecule has 0 heterocycles. The summed E-state index contributed by atoms with van der Waals surface area (Å²) in [5.41, 5.74) is -1.00. The molecule has 0 radical (unpaired) electrons. The molecule has 0 saturated heterocycles. The minimum absolute atomic E-state index is 0. The van der Waals surface area contributed by atoms with Crippen molar-refractivity contribution in [3.05, 3.63) is 68.5 Å². The zero-order valence-electron chi connectivity index (χ0n) is 27.1. The van der Waals surface area contributed by atoms with Gasteiger partial charge in [-0.05, 0) is 0 Å². The fourth-order valence-corrected chi connectivity index (χ4v) is 0. The molecule has 0 spiro atoms. The van der Waals surface area contributed by atoms with Gasteiger partial charge in [0.05, 0.1) is 0 Å². The van der Waals surface area contributed by atoms with Gasteiger partial charge in [-0.1, -0.05) is 0 Å². The molecule has 0 aromatic rings. The topological polar surface area (TPSA) is 26.2 Å². The molecule has 0 atom stereocenters. The molecule has 37 heavy (non-hydrogen) atoms. The van der Waals surface area contributed by atoms with Crippen LogP contribution in [0.2, 0.25) is 0 Å². The molecule has 0 saturated carbocycles. The van der Waals surface area contributed by atoms with Crippen LogP contribution in [0.4, 0.5) is 0 Å². The number of nitrogens with zero attached hydrogens (tertiary/aromatic N) is 6. The molecule has 0 rings (SSSR count). The van der Waals surface area contributed by atoms with Crippen molar-refractivity contribution in [2.45, 2.75) is 158 Å². The summed E-state index contributed by atoms with van der Waals surface area (Å²) in [5, 5.41) is 0. The van der Waals surface area contributed by atoms with Crippen molar-refractivity contribution in [2.24, 2.45) is 0 Å². The van der Waals surface area contributed by atoms with Crippen LogP contribution in [0.1, 0.15) is 125 Å². The maximum Gasteiger partial charge on any atom is 0.224 e. The molecule has 0 N–H and O–H groups in total. The minimum Gasteiger partial charge on any atom is -0.311 e. The molecule has 0 bridgehead atoms. The molecule has 0 aliphatic heterocycles. The van der Waals surface area contributed by atoms with Gasteiger partial charge in [0.1, 0.15) is 0 Å². The number of hydrogen-bond acceptors (Lipinski definition) is 0. The predicted octanol–water partition coefficient (Wildman–Crippen LogP) is 10.2. The third-order valence-corrected chi connectivity index (χ3v) is 2.01. The Labute approximate surface area is 243 Å². The first-order valence-corrected chi connectivity index (χ1v) is 11.7. The van der Waals surface area contributed by atoms with Crippen molar-refractivity contribution in [2.75, 3.05) is 0 Å². The third-order valence-electron chi connectivity index (χ3n) is 2.01. The van der Waals surface area contributed by atoms with Gasteiger partial charge >= 0.3 is 0 Å². The second-order valence-corrected chi connectivity index (χ2v) is 13.7. The Hall–Kier alpha value is -2.53. The van der Waals surface area contributed by atoms with E-state index in [9.17, 15) is 0 Å². The fraction of sp³-hybridized carbons (Fsp3) is 0.800. The van der Waals surface area contributed by atoms with Crippen LogP contribution in [0.5, 0.6) is 0 Å². The molecule has 6 nitrogen and oxygen atoms in total. The summed E-state index contributed by atoms with van der Waals surface area (Å²) < 4.78 is 0. The minimum atomic E-state index is -0.167. The smallest absolute Gasteiger partial charge is 0.224 e. The first kappa shape index (κ1) is 51.2. The number of rotatable bonds is 0. The Bertz CT molecular complexity index is 618. The van der Waals surface area contributed by atoms with Gasteiger partial charge in [0.2, 0.25) is 33.2 Å². The average Bonchev–Trinajstić information content (AvgIpc) is 2.67. The zero-order chi connectivity index (χ0) is 31.2. The van der Waals surface area contributed by atoms with E-state index in [0.717, 1.165) is 0 Å². The summed E-state index contributed by atoms with van der Waals surface area (Å²) in [6.07, 6.45) is 0. The van der Waals surface area contributed by atoms with E-state index in [1.165, 1.54) is 0 Å². The van der Waals surface area contributed by atoms with Gasteiger partial charge in [-0.3, -0.25) is 0 Å². The summed E-state index contributed by atoms with van der Waals surface area (Å²) in [7, 11) is 0. The van der Waals surface area contributed by atoms with Crippen LogP contribution in [0, 0.1) is 39.4 Å². The quantitative estimate of drug-likeness (QED) is 0.268. The fourth-order valence-electron chi connectivity index (χ4n) is 0. The van der Waals surface area contributed by atoms with Gasteiger partial charge in [-0.2, -0.15) is 0 Å². The largest absolute Gasteiger partial charge is 0.311 e. The Morgan fingerprint density at radius 2 is 0.270 bits per heavy atom. The molecule has 0 aliphatic rings. The Balaban J connectivity index is -0.0000000581. The summed E-state index contributed by atoms with van der Waals surface area (Å²) in [6.45, 7) is 72.9. The molecule has 0 aromatic carbocycles. The second-order valence-electron chi connectivity index (χ2n) is 13.7. The van der Waals surface area contributed by atoms with Crippen LogP contribution in [-0.4, -0.2) is 33.2 Å². The molecule has 0 aliphatic carbocycles. The van der Waals surface area contributed by atoms with Crippen molar-refractivity contribution in [3.8, 4) is 0 Å². The van der Waals surface area contributed by atoms with Crippen molar-refractivity contribution in [1.82, 2.24) is 0 Å². The van der Waals surface area contributed by atoms with E-state index < -0.39 is 0 Å². The summed E-state index contributed by atoms with van der Waals surface area (Å²) >= 11 is 0. The first-order valence-electron chi connectivity index (χ1n) is 11.7. The van der Waals surface area contributed by atoms with E-state index in [1.807, 2.05) is 125 Å². The average molecular weight is 551 g/mol. The van der Waals surface area contributed by atoms with Crippen LogP contribution < -0.4 is 0 Å². The van der Waals surface area contributed by atoms with Crippen molar-refractivity contribution in [3.63, 3.8) is 0 Å². The maximum absolute atomic E-state index is 6.48. The van der Waals surface area contributed by atoms with E-state index in [1.54, 1.807) is 0 Å². The van der Waals surface area contributed by atoms with Crippen molar-refractivity contribution in [1.29, 1.82) is 0 Å². The predicted molar refractivity (Wildman–Crippen MR) is 158 cm³/mol. The summed E-state index contributed by atoms with van der Waals surface area (Å²) in [5.74, 6) is 0. The molecule has 210 valence electrons. The molecule has 7 heteroatoms. The van der Waals surface area contributed by atoms with Gasteiger partial charge in [0, 0.05) is 142 Å². The Kier molecular flexibility index (Phi) is 31.3. The van der Waals surface area contributed by atoms with Gasteiger partial charge in [-0.25, -0.2) is 39.4 Å². The molecular weight excluding hydrogens is 496 g/mol. The maximum atomic E-state index is 6.48. The normalized spacial score (nSPS) is 10.1. The number of hydrogen-bond donors (Lipinski definition) is 0. The zero-order valence-corrected chi connectivity index (χ0v) is 28.4. The van der Waals surface area contributed by atoms with Crippen molar-refractivity contribution >= 4 is 0 Å². The van der Waals surface area contributed by atoms with E-state index in [0.29, 0.717) is 0 Å². The van der Waals surface area contributed by atoms with Gasteiger partial charge < -0.3 is 29.1 Å². The van der Waals surface area contributed by atoms with Gasteiger partial charge in [0.15, 0.2) is 0 Å². The monoisotopic (exact) mass is 550 g/mol. The Morgan fingerprint density at radius 1 is 0.243 bits per heavy atom. The first-order chi connectivity index (χ1) is 15.4. The molecule has 0 aromatic heterocycles. The standard InChI is InChI=1S/6C5H9N.Cr/c6*1-5(2,3)6-4;/h6*1-3H3;. The van der Waals surface area contributed by atoms with E-state index >= 15 is 0 Å². The third kappa shape index (κ3) is 138. The van der Waals surface area contributed by atoms with E-state index in [2.05, 4.69) is 29.1 Å². The van der Waals surface area contributed by atoms with Crippen LogP contribution in [0.25, 0.3) is 29.1 Å². The van der Waals surface area contributed by atoms with Crippen LogP contribution in [0.3, 0.4) is 0 Å².